The molecule has 1 aromatic rings. The molecule has 3 heteroatoms. The van der Waals surface area contributed by atoms with Crippen molar-refractivity contribution in [3.8, 4) is 5.75 Å². The van der Waals surface area contributed by atoms with Gasteiger partial charge in [0.15, 0.2) is 5.78 Å². The van der Waals surface area contributed by atoms with Gasteiger partial charge < -0.3 is 9.47 Å². The van der Waals surface area contributed by atoms with E-state index in [1.807, 2.05) is 32.9 Å². The molecule has 1 rings (SSSR count). The van der Waals surface area contributed by atoms with E-state index in [0.717, 1.165) is 17.5 Å². The van der Waals surface area contributed by atoms with Crippen molar-refractivity contribution in [2.24, 2.45) is 0 Å². The topological polar surface area (TPSA) is 35.5 Å². The van der Waals surface area contributed by atoms with Crippen LogP contribution in [0.3, 0.4) is 0 Å². The number of ketones is 1. The Labute approximate surface area is 109 Å². The van der Waals surface area contributed by atoms with Crippen LogP contribution in [0, 0.1) is 13.8 Å². The van der Waals surface area contributed by atoms with Crippen molar-refractivity contribution in [3.05, 3.63) is 28.8 Å². The molecule has 0 saturated heterocycles. The molecule has 0 aliphatic heterocycles. The smallest absolute Gasteiger partial charge is 0.166 e. The van der Waals surface area contributed by atoms with Gasteiger partial charge in [0.2, 0.25) is 0 Å². The number of methoxy groups -OCH3 is 1. The second kappa shape index (κ2) is 7.17. The van der Waals surface area contributed by atoms with E-state index in [1.165, 1.54) is 0 Å². The SMILES string of the molecule is CCOCCCC(=O)c1c(C)cc(C)cc1OC. The minimum Gasteiger partial charge on any atom is -0.496 e. The van der Waals surface area contributed by atoms with E-state index in [2.05, 4.69) is 0 Å². The van der Waals surface area contributed by atoms with E-state index in [1.54, 1.807) is 7.11 Å². The molecule has 100 valence electrons. The van der Waals surface area contributed by atoms with Gasteiger partial charge in [-0.15, -0.1) is 0 Å². The number of Topliss-reactive ketones (excluding diaryl/α,β-unsaturated/α-hetero) is 1. The quantitative estimate of drug-likeness (QED) is 0.550. The number of carbonyl (C=O) groups is 1. The molecule has 3 nitrogen and oxygen atoms in total. The summed E-state index contributed by atoms with van der Waals surface area (Å²) in [7, 11) is 1.60. The summed E-state index contributed by atoms with van der Waals surface area (Å²) in [6, 6.07) is 3.92. The van der Waals surface area contributed by atoms with Gasteiger partial charge in [-0.3, -0.25) is 4.79 Å². The summed E-state index contributed by atoms with van der Waals surface area (Å²) in [5.41, 5.74) is 2.79. The average molecular weight is 250 g/mol. The summed E-state index contributed by atoms with van der Waals surface area (Å²) in [6.45, 7) is 7.23. The highest BCUT2D eigenvalue weighted by atomic mass is 16.5. The average Bonchev–Trinajstić information content (AvgIpc) is 2.33. The summed E-state index contributed by atoms with van der Waals surface area (Å²) < 4.78 is 10.5. The zero-order valence-corrected chi connectivity index (χ0v) is 11.7. The Balaban J connectivity index is 2.78. The first-order valence-corrected chi connectivity index (χ1v) is 6.36. The van der Waals surface area contributed by atoms with Crippen LogP contribution in [0.1, 0.15) is 41.3 Å². The molecule has 0 aromatic heterocycles. The number of benzene rings is 1. The highest BCUT2D eigenvalue weighted by Crippen LogP contribution is 2.25. The molecule has 0 atom stereocenters. The van der Waals surface area contributed by atoms with Gasteiger partial charge in [0, 0.05) is 19.6 Å². The minimum absolute atomic E-state index is 0.129. The van der Waals surface area contributed by atoms with E-state index < -0.39 is 0 Å². The van der Waals surface area contributed by atoms with Crippen molar-refractivity contribution in [1.29, 1.82) is 0 Å². The summed E-state index contributed by atoms with van der Waals surface area (Å²) in [5.74, 6) is 0.804. The van der Waals surface area contributed by atoms with E-state index in [9.17, 15) is 4.79 Å². The van der Waals surface area contributed by atoms with E-state index in [0.29, 0.717) is 30.9 Å². The molecule has 18 heavy (non-hydrogen) atoms. The molecule has 0 N–H and O–H groups in total. The van der Waals surface area contributed by atoms with Crippen molar-refractivity contribution in [2.75, 3.05) is 20.3 Å². The van der Waals surface area contributed by atoms with Crippen LogP contribution in [0.15, 0.2) is 12.1 Å². The largest absolute Gasteiger partial charge is 0.496 e. The Hall–Kier alpha value is -1.35. The first-order chi connectivity index (χ1) is 8.60. The number of ether oxygens (including phenoxy) is 2. The molecule has 0 amide bonds. The zero-order chi connectivity index (χ0) is 13.5. The maximum absolute atomic E-state index is 12.2. The van der Waals surface area contributed by atoms with E-state index in [-0.39, 0.29) is 5.78 Å². The van der Waals surface area contributed by atoms with Crippen LogP contribution in [0.5, 0.6) is 5.75 Å². The van der Waals surface area contributed by atoms with Crippen molar-refractivity contribution >= 4 is 5.78 Å². The summed E-state index contributed by atoms with van der Waals surface area (Å²) in [5, 5.41) is 0. The van der Waals surface area contributed by atoms with Crippen molar-refractivity contribution in [2.45, 2.75) is 33.6 Å². The van der Waals surface area contributed by atoms with Crippen LogP contribution in [-0.4, -0.2) is 26.1 Å². The van der Waals surface area contributed by atoms with Crippen molar-refractivity contribution in [3.63, 3.8) is 0 Å². The Morgan fingerprint density at radius 2 is 2.00 bits per heavy atom. The second-order valence-corrected chi connectivity index (χ2v) is 4.38. The Bertz CT molecular complexity index is 410. The van der Waals surface area contributed by atoms with Crippen molar-refractivity contribution < 1.29 is 14.3 Å². The van der Waals surface area contributed by atoms with Crippen LogP contribution in [-0.2, 0) is 4.74 Å². The standard InChI is InChI=1S/C15H22O3/c1-5-18-8-6-7-13(16)15-12(3)9-11(2)10-14(15)17-4/h9-10H,5-8H2,1-4H3. The van der Waals surface area contributed by atoms with Gasteiger partial charge in [0.05, 0.1) is 12.7 Å². The molecule has 0 spiro atoms. The Kier molecular flexibility index (Phi) is 5.86. The molecule has 0 bridgehead atoms. The lowest BCUT2D eigenvalue weighted by Crippen LogP contribution is -2.07. The molecule has 0 heterocycles. The summed E-state index contributed by atoms with van der Waals surface area (Å²) in [6.07, 6.45) is 1.25. The van der Waals surface area contributed by atoms with Crippen molar-refractivity contribution in [1.82, 2.24) is 0 Å². The predicted molar refractivity (Wildman–Crippen MR) is 72.5 cm³/mol. The normalized spacial score (nSPS) is 10.4. The third kappa shape index (κ3) is 3.84. The van der Waals surface area contributed by atoms with Gasteiger partial charge in [0.1, 0.15) is 5.75 Å². The molecule has 1 aromatic carbocycles. The van der Waals surface area contributed by atoms with Crippen LogP contribution in [0.2, 0.25) is 0 Å². The number of hydrogen-bond acceptors (Lipinski definition) is 3. The molecule has 0 radical (unpaired) electrons. The Morgan fingerprint density at radius 1 is 1.28 bits per heavy atom. The third-order valence-corrected chi connectivity index (χ3v) is 2.84. The highest BCUT2D eigenvalue weighted by Gasteiger charge is 2.15. The molecule has 0 aliphatic carbocycles. The van der Waals surface area contributed by atoms with Crippen LogP contribution in [0.4, 0.5) is 0 Å². The fourth-order valence-electron chi connectivity index (χ4n) is 2.05. The minimum atomic E-state index is 0.129. The third-order valence-electron chi connectivity index (χ3n) is 2.84. The number of carbonyl (C=O) groups excluding carboxylic acids is 1. The lowest BCUT2D eigenvalue weighted by atomic mass is 9.98. The molecule has 0 unspecified atom stereocenters. The Morgan fingerprint density at radius 3 is 2.61 bits per heavy atom. The molecule has 0 saturated carbocycles. The zero-order valence-electron chi connectivity index (χ0n) is 11.7. The van der Waals surface area contributed by atoms with Crippen LogP contribution in [0.25, 0.3) is 0 Å². The lowest BCUT2D eigenvalue weighted by molar-refractivity contribution is 0.0943. The maximum Gasteiger partial charge on any atom is 0.166 e. The first kappa shape index (κ1) is 14.7. The lowest BCUT2D eigenvalue weighted by Gasteiger charge is -2.12. The highest BCUT2D eigenvalue weighted by molar-refractivity contribution is 6.00. The predicted octanol–water partition coefficient (Wildman–Crippen LogP) is 3.31. The first-order valence-electron chi connectivity index (χ1n) is 6.36. The summed E-state index contributed by atoms with van der Waals surface area (Å²) >= 11 is 0. The van der Waals surface area contributed by atoms with Gasteiger partial charge in [-0.25, -0.2) is 0 Å². The fourth-order valence-corrected chi connectivity index (χ4v) is 2.05. The second-order valence-electron chi connectivity index (χ2n) is 4.38. The summed E-state index contributed by atoms with van der Waals surface area (Å²) in [4.78, 5) is 12.2. The van der Waals surface area contributed by atoms with E-state index in [4.69, 9.17) is 9.47 Å². The number of aryl methyl sites for hydroxylation is 2. The van der Waals surface area contributed by atoms with Gasteiger partial charge in [-0.1, -0.05) is 6.07 Å². The van der Waals surface area contributed by atoms with Gasteiger partial charge in [-0.05, 0) is 44.4 Å². The molecular weight excluding hydrogens is 228 g/mol. The van der Waals surface area contributed by atoms with Crippen LogP contribution >= 0.6 is 0 Å². The van der Waals surface area contributed by atoms with E-state index >= 15 is 0 Å². The number of hydrogen-bond donors (Lipinski definition) is 0. The van der Waals surface area contributed by atoms with Gasteiger partial charge >= 0.3 is 0 Å². The maximum atomic E-state index is 12.2. The fraction of sp³-hybridized carbons (Fsp3) is 0.533. The molecule has 0 fully saturated rings. The van der Waals surface area contributed by atoms with Gasteiger partial charge in [0.25, 0.3) is 0 Å². The van der Waals surface area contributed by atoms with Gasteiger partial charge in [-0.2, -0.15) is 0 Å². The monoisotopic (exact) mass is 250 g/mol. The van der Waals surface area contributed by atoms with Crippen LogP contribution < -0.4 is 4.74 Å². The molecule has 0 aliphatic rings. The number of rotatable bonds is 7. The molecular formula is C15H22O3.